The molecule has 0 amide bonds. The monoisotopic (exact) mass is 308 g/mol. The second-order valence-electron chi connectivity index (χ2n) is 4.98. The quantitative estimate of drug-likeness (QED) is 0.464. The molecule has 5 heteroatoms. The second kappa shape index (κ2) is 6.19. The van der Waals surface area contributed by atoms with Gasteiger partial charge in [-0.05, 0) is 36.4 Å². The van der Waals surface area contributed by atoms with Crippen LogP contribution in [0.15, 0.2) is 66.7 Å². The fraction of sp³-hybridized carbons (Fsp3) is 0. The third kappa shape index (κ3) is 3.13. The lowest BCUT2D eigenvalue weighted by Gasteiger charge is -2.16. The van der Waals surface area contributed by atoms with E-state index in [1.165, 1.54) is 0 Å². The van der Waals surface area contributed by atoms with E-state index in [0.29, 0.717) is 22.7 Å². The van der Waals surface area contributed by atoms with Gasteiger partial charge in [-0.3, -0.25) is 0 Å². The lowest BCUT2D eigenvalue weighted by Crippen LogP contribution is -1.98. The Morgan fingerprint density at radius 2 is 0.957 bits per heavy atom. The second-order valence-corrected chi connectivity index (χ2v) is 4.98. The van der Waals surface area contributed by atoms with Gasteiger partial charge in [-0.25, -0.2) is 0 Å². The van der Waals surface area contributed by atoms with Gasteiger partial charge in [0.05, 0.1) is 17.1 Å². The number of phenols is 3. The van der Waals surface area contributed by atoms with Crippen molar-refractivity contribution in [3.05, 3.63) is 66.7 Å². The van der Waals surface area contributed by atoms with Gasteiger partial charge in [0.25, 0.3) is 0 Å². The summed E-state index contributed by atoms with van der Waals surface area (Å²) >= 11 is 0. The molecule has 3 rings (SSSR count). The number of hydrogen-bond acceptors (Lipinski definition) is 5. The van der Waals surface area contributed by atoms with E-state index in [0.717, 1.165) is 0 Å². The molecule has 5 N–H and O–H groups in total. The predicted octanol–water partition coefficient (Wildman–Crippen LogP) is 4.29. The number of phenolic OH excluding ortho intramolecular Hbond substituents is 3. The van der Waals surface area contributed by atoms with Gasteiger partial charge >= 0.3 is 0 Å². The zero-order chi connectivity index (χ0) is 16.2. The van der Waals surface area contributed by atoms with Crippen molar-refractivity contribution in [2.75, 3.05) is 10.6 Å². The Kier molecular flexibility index (Phi) is 3.93. The molecular formula is C18H16N2O3. The third-order valence-electron chi connectivity index (χ3n) is 3.38. The van der Waals surface area contributed by atoms with Crippen LogP contribution in [-0.2, 0) is 0 Å². The molecule has 0 atom stereocenters. The van der Waals surface area contributed by atoms with Gasteiger partial charge in [0, 0.05) is 0 Å². The van der Waals surface area contributed by atoms with Crippen LogP contribution in [0, 0.1) is 0 Å². The van der Waals surface area contributed by atoms with Crippen molar-refractivity contribution >= 4 is 22.7 Å². The van der Waals surface area contributed by atoms with E-state index in [1.54, 1.807) is 66.7 Å². The maximum atomic E-state index is 10.1. The largest absolute Gasteiger partial charge is 0.506 e. The van der Waals surface area contributed by atoms with Gasteiger partial charge in [-0.15, -0.1) is 0 Å². The Labute approximate surface area is 133 Å². The molecule has 23 heavy (non-hydrogen) atoms. The van der Waals surface area contributed by atoms with Crippen LogP contribution in [0.5, 0.6) is 17.2 Å². The van der Waals surface area contributed by atoms with Crippen LogP contribution in [-0.4, -0.2) is 15.3 Å². The minimum Gasteiger partial charge on any atom is -0.506 e. The standard InChI is InChI=1S/C18H16N2O3/c21-15-9-3-1-6-12(15)19-14-8-5-11-17(23)18(14)20-13-7-2-4-10-16(13)22/h1-11,19-23H. The summed E-state index contributed by atoms with van der Waals surface area (Å²) in [5.41, 5.74) is 1.94. The summed E-state index contributed by atoms with van der Waals surface area (Å²) in [7, 11) is 0. The number of rotatable bonds is 4. The molecule has 0 saturated heterocycles. The molecule has 116 valence electrons. The minimum atomic E-state index is 0.0219. The maximum Gasteiger partial charge on any atom is 0.141 e. The zero-order valence-electron chi connectivity index (χ0n) is 12.2. The van der Waals surface area contributed by atoms with Gasteiger partial charge in [0.15, 0.2) is 0 Å². The van der Waals surface area contributed by atoms with Crippen molar-refractivity contribution < 1.29 is 15.3 Å². The van der Waals surface area contributed by atoms with Crippen LogP contribution >= 0.6 is 0 Å². The predicted molar refractivity (Wildman–Crippen MR) is 90.9 cm³/mol. The number of aromatic hydroxyl groups is 3. The van der Waals surface area contributed by atoms with E-state index in [-0.39, 0.29) is 17.2 Å². The minimum absolute atomic E-state index is 0.0219. The summed E-state index contributed by atoms with van der Waals surface area (Å²) in [4.78, 5) is 0. The number of anilines is 4. The van der Waals surface area contributed by atoms with Crippen LogP contribution in [0.1, 0.15) is 0 Å². The van der Waals surface area contributed by atoms with Crippen LogP contribution in [0.25, 0.3) is 0 Å². The Balaban J connectivity index is 1.97. The average Bonchev–Trinajstić information content (AvgIpc) is 2.54. The molecule has 0 heterocycles. The van der Waals surface area contributed by atoms with Crippen molar-refractivity contribution in [1.82, 2.24) is 0 Å². The van der Waals surface area contributed by atoms with Crippen molar-refractivity contribution in [1.29, 1.82) is 0 Å². The molecule has 0 aliphatic rings. The fourth-order valence-electron chi connectivity index (χ4n) is 2.21. The van der Waals surface area contributed by atoms with Gasteiger partial charge in [0.1, 0.15) is 22.9 Å². The fourth-order valence-corrected chi connectivity index (χ4v) is 2.21. The highest BCUT2D eigenvalue weighted by atomic mass is 16.3. The van der Waals surface area contributed by atoms with E-state index in [1.807, 2.05) is 0 Å². The first-order chi connectivity index (χ1) is 11.1. The summed E-state index contributed by atoms with van der Waals surface area (Å²) < 4.78 is 0. The number of benzene rings is 3. The van der Waals surface area contributed by atoms with E-state index >= 15 is 0 Å². The number of nitrogens with one attached hydrogen (secondary N) is 2. The van der Waals surface area contributed by atoms with Crippen LogP contribution in [0.2, 0.25) is 0 Å². The highest BCUT2D eigenvalue weighted by molar-refractivity contribution is 5.84. The number of hydrogen-bond donors (Lipinski definition) is 5. The smallest absolute Gasteiger partial charge is 0.141 e. The van der Waals surface area contributed by atoms with Crippen molar-refractivity contribution in [2.45, 2.75) is 0 Å². The van der Waals surface area contributed by atoms with Gasteiger partial charge in [-0.2, -0.15) is 0 Å². The molecule has 0 unspecified atom stereocenters. The van der Waals surface area contributed by atoms with Gasteiger partial charge < -0.3 is 26.0 Å². The molecule has 0 aliphatic carbocycles. The van der Waals surface area contributed by atoms with Crippen LogP contribution in [0.4, 0.5) is 22.7 Å². The lowest BCUT2D eigenvalue weighted by atomic mass is 10.2. The van der Waals surface area contributed by atoms with Crippen LogP contribution in [0.3, 0.4) is 0 Å². The molecule has 0 aliphatic heterocycles. The third-order valence-corrected chi connectivity index (χ3v) is 3.38. The summed E-state index contributed by atoms with van der Waals surface area (Å²) in [6, 6.07) is 18.5. The maximum absolute atomic E-state index is 10.1. The first-order valence-corrected chi connectivity index (χ1v) is 7.07. The molecule has 3 aromatic carbocycles. The topological polar surface area (TPSA) is 84.8 Å². The first kappa shape index (κ1) is 14.6. The molecule has 5 nitrogen and oxygen atoms in total. The molecule has 0 saturated carbocycles. The van der Waals surface area contributed by atoms with Crippen molar-refractivity contribution in [2.24, 2.45) is 0 Å². The Morgan fingerprint density at radius 3 is 1.57 bits per heavy atom. The Hall–Kier alpha value is -3.34. The summed E-state index contributed by atoms with van der Waals surface area (Å²) in [6.45, 7) is 0. The van der Waals surface area contributed by atoms with Crippen LogP contribution < -0.4 is 10.6 Å². The van der Waals surface area contributed by atoms with E-state index in [2.05, 4.69) is 10.6 Å². The first-order valence-electron chi connectivity index (χ1n) is 7.07. The lowest BCUT2D eigenvalue weighted by molar-refractivity contribution is 0.474. The summed E-state index contributed by atoms with van der Waals surface area (Å²) in [5, 5.41) is 36.0. The van der Waals surface area contributed by atoms with Crippen molar-refractivity contribution in [3.8, 4) is 17.2 Å². The van der Waals surface area contributed by atoms with E-state index in [4.69, 9.17) is 0 Å². The molecule has 3 aromatic rings. The zero-order valence-corrected chi connectivity index (χ0v) is 12.2. The Morgan fingerprint density at radius 1 is 0.478 bits per heavy atom. The molecule has 0 spiro atoms. The van der Waals surface area contributed by atoms with Gasteiger partial charge in [0.2, 0.25) is 0 Å². The van der Waals surface area contributed by atoms with E-state index in [9.17, 15) is 15.3 Å². The summed E-state index contributed by atoms with van der Waals surface area (Å²) in [5.74, 6) is 0.197. The molecule has 0 bridgehead atoms. The molecule has 0 aromatic heterocycles. The van der Waals surface area contributed by atoms with Gasteiger partial charge in [-0.1, -0.05) is 30.3 Å². The molecular weight excluding hydrogens is 292 g/mol. The highest BCUT2D eigenvalue weighted by Gasteiger charge is 2.11. The van der Waals surface area contributed by atoms with E-state index < -0.39 is 0 Å². The Bertz CT molecular complexity index is 834. The normalized spacial score (nSPS) is 10.3. The molecule has 0 fully saturated rings. The highest BCUT2D eigenvalue weighted by Crippen LogP contribution is 2.39. The van der Waals surface area contributed by atoms with Crippen molar-refractivity contribution in [3.63, 3.8) is 0 Å². The summed E-state index contributed by atoms with van der Waals surface area (Å²) in [6.07, 6.45) is 0. The SMILES string of the molecule is Oc1ccccc1Nc1cccc(O)c1Nc1ccccc1O. The average molecular weight is 308 g/mol. The molecule has 0 radical (unpaired) electrons. The number of para-hydroxylation sites is 5.